The first-order valence-corrected chi connectivity index (χ1v) is 10.8. The predicted molar refractivity (Wildman–Crippen MR) is 105 cm³/mol. The first-order chi connectivity index (χ1) is 13.8. The van der Waals surface area contributed by atoms with E-state index in [0.717, 1.165) is 49.2 Å². The van der Waals surface area contributed by atoms with Crippen LogP contribution in [0.2, 0.25) is 0 Å². The minimum Gasteiger partial charge on any atom is -0.454 e. The van der Waals surface area contributed by atoms with Gasteiger partial charge < -0.3 is 20.1 Å². The molecule has 6 aliphatic rings. The highest BCUT2D eigenvalue weighted by atomic mass is 16.7. The maximum Gasteiger partial charge on any atom is 0.231 e. The molecule has 6 nitrogen and oxygen atoms in total. The van der Waals surface area contributed by atoms with Crippen LogP contribution in [0, 0.1) is 28.6 Å². The molecule has 5 unspecified atom stereocenters. The summed E-state index contributed by atoms with van der Waals surface area (Å²) in [4.78, 5) is 27.8. The third-order valence-electron chi connectivity index (χ3n) is 8.54. The number of hydrogen-bond acceptors (Lipinski definition) is 4. The average molecular weight is 396 g/mol. The van der Waals surface area contributed by atoms with Crippen LogP contribution < -0.4 is 15.2 Å². The van der Waals surface area contributed by atoms with E-state index >= 15 is 0 Å². The number of carbonyl (C=O) groups is 2. The highest BCUT2D eigenvalue weighted by Crippen LogP contribution is 2.65. The highest BCUT2D eigenvalue weighted by Gasteiger charge is 2.65. The van der Waals surface area contributed by atoms with Crippen molar-refractivity contribution in [2.75, 3.05) is 6.79 Å². The lowest BCUT2D eigenvalue weighted by atomic mass is 9.46. The fourth-order valence-corrected chi connectivity index (χ4v) is 7.62. The molecule has 2 heterocycles. The molecule has 2 N–H and O–H groups in total. The van der Waals surface area contributed by atoms with Crippen LogP contribution in [0.25, 0.3) is 0 Å². The van der Waals surface area contributed by atoms with E-state index in [1.54, 1.807) is 0 Å². The van der Waals surface area contributed by atoms with Crippen molar-refractivity contribution in [3.8, 4) is 11.5 Å². The average Bonchev–Trinajstić information content (AvgIpc) is 3.15. The summed E-state index contributed by atoms with van der Waals surface area (Å²) in [6.45, 7) is 4.30. The van der Waals surface area contributed by atoms with Gasteiger partial charge in [-0.25, -0.2) is 0 Å². The number of hydrogen-bond donors (Lipinski definition) is 1. The zero-order chi connectivity index (χ0) is 20.1. The maximum absolute atomic E-state index is 13.4. The summed E-state index contributed by atoms with van der Waals surface area (Å²) in [7, 11) is 0. The molecule has 7 rings (SSSR count). The summed E-state index contributed by atoms with van der Waals surface area (Å²) in [6.07, 6.45) is 4.84. The zero-order valence-electron chi connectivity index (χ0n) is 17.0. The minimum absolute atomic E-state index is 0.0290. The SMILES string of the molecule is CC1(C)C(=O)N(C2C3CC4C[C@H]2CC(C(N)=O)(C4)C3)C1c1cccc2c1OCO2. The van der Waals surface area contributed by atoms with Gasteiger partial charge in [-0.3, -0.25) is 9.59 Å². The second-order valence-corrected chi connectivity index (χ2v) is 10.5. The van der Waals surface area contributed by atoms with Crippen LogP contribution in [0.4, 0.5) is 0 Å². The summed E-state index contributed by atoms with van der Waals surface area (Å²) in [5, 5.41) is 0. The standard InChI is InChI=1S/C23H28N2O4/c1-22(2)19(15-4-3-5-16-18(15)29-11-28-16)25(21(22)27)17-13-6-12-7-14(17)10-23(8-12,9-13)20(24)26/h3-5,12-14,17,19H,6-11H2,1-2H3,(H2,24,26)/t12?,13-,14?,17?,19?,23?/m0/s1. The Kier molecular flexibility index (Phi) is 3.32. The summed E-state index contributed by atoms with van der Waals surface area (Å²) < 4.78 is 11.4. The van der Waals surface area contributed by atoms with Gasteiger partial charge in [0.2, 0.25) is 18.6 Å². The second-order valence-electron chi connectivity index (χ2n) is 10.5. The van der Waals surface area contributed by atoms with Gasteiger partial charge in [-0.15, -0.1) is 0 Å². The number of primary amides is 1. The molecule has 29 heavy (non-hydrogen) atoms. The van der Waals surface area contributed by atoms with Gasteiger partial charge in [0.1, 0.15) is 0 Å². The van der Waals surface area contributed by atoms with Crippen LogP contribution in [0.15, 0.2) is 18.2 Å². The Labute approximate surface area is 170 Å². The fraction of sp³-hybridized carbons (Fsp3) is 0.652. The van der Waals surface area contributed by atoms with Crippen LogP contribution in [0.5, 0.6) is 11.5 Å². The minimum atomic E-state index is -0.475. The van der Waals surface area contributed by atoms with E-state index in [1.807, 2.05) is 26.0 Å². The van der Waals surface area contributed by atoms with Crippen LogP contribution >= 0.6 is 0 Å². The fourth-order valence-electron chi connectivity index (χ4n) is 7.62. The summed E-state index contributed by atoms with van der Waals surface area (Å²) >= 11 is 0. The number of amides is 2. The van der Waals surface area contributed by atoms with E-state index in [0.29, 0.717) is 17.8 Å². The number of carbonyl (C=O) groups excluding carboxylic acids is 2. The van der Waals surface area contributed by atoms with Gasteiger partial charge >= 0.3 is 0 Å². The van der Waals surface area contributed by atoms with Gasteiger partial charge in [0.25, 0.3) is 0 Å². The number of rotatable bonds is 3. The zero-order valence-corrected chi connectivity index (χ0v) is 17.0. The molecular formula is C23H28N2O4. The lowest BCUT2D eigenvalue weighted by Crippen LogP contribution is -2.71. The van der Waals surface area contributed by atoms with Crippen molar-refractivity contribution in [2.24, 2.45) is 34.3 Å². The molecule has 6 heteroatoms. The van der Waals surface area contributed by atoms with Crippen molar-refractivity contribution in [2.45, 2.75) is 58.0 Å². The lowest BCUT2D eigenvalue weighted by molar-refractivity contribution is -0.198. The van der Waals surface area contributed by atoms with Crippen molar-refractivity contribution in [1.29, 1.82) is 0 Å². The van der Waals surface area contributed by atoms with Crippen LogP contribution in [0.3, 0.4) is 0 Å². The van der Waals surface area contributed by atoms with E-state index in [1.165, 1.54) is 0 Å². The number of nitrogens with two attached hydrogens (primary N) is 1. The van der Waals surface area contributed by atoms with Gasteiger partial charge in [0, 0.05) is 17.0 Å². The molecule has 4 bridgehead atoms. The molecule has 1 saturated heterocycles. The molecule has 2 aliphatic heterocycles. The molecule has 4 saturated carbocycles. The van der Waals surface area contributed by atoms with E-state index in [2.05, 4.69) is 11.0 Å². The van der Waals surface area contributed by atoms with Crippen LogP contribution in [-0.2, 0) is 9.59 Å². The summed E-state index contributed by atoms with van der Waals surface area (Å²) in [5.41, 5.74) is 6.09. The normalized spacial score (nSPS) is 40.8. The first kappa shape index (κ1) is 17.6. The Morgan fingerprint density at radius 3 is 2.55 bits per heavy atom. The molecule has 0 aromatic heterocycles. The summed E-state index contributed by atoms with van der Waals surface area (Å²) in [6, 6.07) is 6.14. The number of para-hydroxylation sites is 1. The molecule has 2 amide bonds. The molecule has 5 fully saturated rings. The van der Waals surface area contributed by atoms with E-state index in [9.17, 15) is 9.59 Å². The lowest BCUT2D eigenvalue weighted by Gasteiger charge is -2.66. The van der Waals surface area contributed by atoms with E-state index < -0.39 is 5.41 Å². The van der Waals surface area contributed by atoms with Crippen molar-refractivity contribution >= 4 is 11.8 Å². The number of likely N-dealkylation sites (tertiary alicyclic amines) is 1. The highest BCUT2D eigenvalue weighted by molar-refractivity contribution is 5.91. The van der Waals surface area contributed by atoms with E-state index in [4.69, 9.17) is 15.2 Å². The number of ether oxygens (including phenoxy) is 2. The molecule has 1 aromatic carbocycles. The third kappa shape index (κ3) is 2.12. The van der Waals surface area contributed by atoms with Crippen molar-refractivity contribution in [1.82, 2.24) is 4.90 Å². The third-order valence-corrected chi connectivity index (χ3v) is 8.54. The molecule has 154 valence electrons. The van der Waals surface area contributed by atoms with Crippen LogP contribution in [0.1, 0.15) is 57.6 Å². The Balaban J connectivity index is 1.39. The molecule has 0 radical (unpaired) electrons. The monoisotopic (exact) mass is 396 g/mol. The quantitative estimate of drug-likeness (QED) is 0.797. The van der Waals surface area contributed by atoms with Gasteiger partial charge in [0.05, 0.1) is 11.5 Å². The molecular weight excluding hydrogens is 368 g/mol. The van der Waals surface area contributed by atoms with Crippen molar-refractivity contribution in [3.05, 3.63) is 23.8 Å². The van der Waals surface area contributed by atoms with E-state index in [-0.39, 0.29) is 36.1 Å². The van der Waals surface area contributed by atoms with Crippen molar-refractivity contribution in [3.63, 3.8) is 0 Å². The Morgan fingerprint density at radius 2 is 1.86 bits per heavy atom. The number of fused-ring (bicyclic) bond motifs is 1. The van der Waals surface area contributed by atoms with Gasteiger partial charge in [-0.05, 0) is 69.8 Å². The topological polar surface area (TPSA) is 81.9 Å². The van der Waals surface area contributed by atoms with Gasteiger partial charge in [-0.2, -0.15) is 0 Å². The van der Waals surface area contributed by atoms with Crippen molar-refractivity contribution < 1.29 is 19.1 Å². The summed E-state index contributed by atoms with van der Waals surface area (Å²) in [5.74, 6) is 2.93. The van der Waals surface area contributed by atoms with Crippen LogP contribution in [-0.4, -0.2) is 29.5 Å². The second kappa shape index (κ2) is 5.46. The predicted octanol–water partition coefficient (Wildman–Crippen LogP) is 3.01. The number of nitrogens with zero attached hydrogens (tertiary/aromatic N) is 1. The largest absolute Gasteiger partial charge is 0.454 e. The molecule has 1 aromatic rings. The first-order valence-electron chi connectivity index (χ1n) is 10.8. The number of β-lactam (4-membered cyclic amide) rings is 1. The maximum atomic E-state index is 13.4. The molecule has 0 spiro atoms. The van der Waals surface area contributed by atoms with Gasteiger partial charge in [-0.1, -0.05) is 12.1 Å². The molecule has 4 aliphatic carbocycles. The molecule has 6 atom stereocenters. The smallest absolute Gasteiger partial charge is 0.231 e. The van der Waals surface area contributed by atoms with Gasteiger partial charge in [0.15, 0.2) is 11.5 Å². The Hall–Kier alpha value is -2.24. The Morgan fingerprint density at radius 1 is 1.14 bits per heavy atom. The number of benzene rings is 1. The Bertz CT molecular complexity index is 909.